The highest BCUT2D eigenvalue weighted by Crippen LogP contribution is 2.34. The number of aryl methyl sites for hydroxylation is 1. The van der Waals surface area contributed by atoms with E-state index in [9.17, 15) is 18.0 Å². The van der Waals surface area contributed by atoms with Gasteiger partial charge in [0.25, 0.3) is 5.91 Å². The summed E-state index contributed by atoms with van der Waals surface area (Å²) in [5.41, 5.74) is 1.78. The Morgan fingerprint density at radius 2 is 1.94 bits per heavy atom. The lowest BCUT2D eigenvalue weighted by Crippen LogP contribution is -2.35. The fourth-order valence-electron chi connectivity index (χ4n) is 3.98. The van der Waals surface area contributed by atoms with Crippen LogP contribution >= 0.6 is 0 Å². The van der Waals surface area contributed by atoms with Crippen LogP contribution in [0.4, 0.5) is 18.9 Å². The zero-order chi connectivity index (χ0) is 23.6. The van der Waals surface area contributed by atoms with Crippen molar-refractivity contribution < 1.29 is 22.7 Å². The highest BCUT2D eigenvalue weighted by molar-refractivity contribution is 5.97. The first-order valence-electron chi connectivity index (χ1n) is 10.6. The van der Waals surface area contributed by atoms with E-state index in [0.29, 0.717) is 28.8 Å². The van der Waals surface area contributed by atoms with Crippen LogP contribution in [-0.4, -0.2) is 24.0 Å². The van der Waals surface area contributed by atoms with Gasteiger partial charge < -0.3 is 15.4 Å². The molecule has 33 heavy (non-hydrogen) atoms. The number of aromatic nitrogens is 1. The van der Waals surface area contributed by atoms with Gasteiger partial charge in [0.05, 0.1) is 18.2 Å². The standard InChI is InChI=1S/C25H24F3N3O2/c1-15-10-11-20-19(12-15)21(14-23(31-20)25(26,27)28)29-16-6-5-7-17(13-16)30-24(32)18-8-3-4-9-22(18)33-2/h3-4,8-14,17H,5-7H2,1-2H3,(H,29,31)(H,30,32)/t17-/m1/s1. The number of nitrogens with zero attached hydrogens (tertiary/aromatic N) is 1. The Morgan fingerprint density at radius 3 is 2.70 bits per heavy atom. The van der Waals surface area contributed by atoms with Crippen LogP contribution in [0.5, 0.6) is 5.75 Å². The van der Waals surface area contributed by atoms with Crippen LogP contribution in [0.2, 0.25) is 0 Å². The number of hydrogen-bond donors (Lipinski definition) is 2. The molecule has 2 aromatic carbocycles. The lowest BCUT2D eigenvalue weighted by atomic mass is 9.98. The Labute approximate surface area is 189 Å². The summed E-state index contributed by atoms with van der Waals surface area (Å²) in [7, 11) is 1.50. The fraction of sp³-hybridized carbons (Fsp3) is 0.280. The van der Waals surface area contributed by atoms with Crippen molar-refractivity contribution in [1.29, 1.82) is 0 Å². The van der Waals surface area contributed by atoms with Gasteiger partial charge in [0.1, 0.15) is 11.4 Å². The molecular formula is C25H24F3N3O2. The van der Waals surface area contributed by atoms with Gasteiger partial charge in [-0.1, -0.05) is 23.8 Å². The summed E-state index contributed by atoms with van der Waals surface area (Å²) in [5.74, 6) is 0.214. The smallest absolute Gasteiger partial charge is 0.433 e. The van der Waals surface area contributed by atoms with Gasteiger partial charge in [0.2, 0.25) is 0 Å². The number of para-hydroxylation sites is 1. The number of pyridine rings is 1. The molecular weight excluding hydrogens is 431 g/mol. The van der Waals surface area contributed by atoms with E-state index in [1.807, 2.05) is 19.1 Å². The van der Waals surface area contributed by atoms with Crippen LogP contribution in [0.15, 0.2) is 60.3 Å². The second kappa shape index (κ2) is 9.13. The molecule has 0 unspecified atom stereocenters. The van der Waals surface area contributed by atoms with Crippen molar-refractivity contribution in [1.82, 2.24) is 10.3 Å². The van der Waals surface area contributed by atoms with Crippen LogP contribution in [0, 0.1) is 6.92 Å². The first-order chi connectivity index (χ1) is 15.7. The second-order valence-corrected chi connectivity index (χ2v) is 8.06. The molecule has 0 spiro atoms. The van der Waals surface area contributed by atoms with E-state index in [1.54, 1.807) is 36.4 Å². The van der Waals surface area contributed by atoms with E-state index in [2.05, 4.69) is 15.6 Å². The summed E-state index contributed by atoms with van der Waals surface area (Å²) >= 11 is 0. The number of nitrogens with one attached hydrogen (secondary N) is 2. The van der Waals surface area contributed by atoms with E-state index in [-0.39, 0.29) is 17.5 Å². The number of hydrogen-bond acceptors (Lipinski definition) is 4. The minimum absolute atomic E-state index is 0.254. The molecule has 4 rings (SSSR count). The molecule has 1 heterocycles. The predicted molar refractivity (Wildman–Crippen MR) is 121 cm³/mol. The first-order valence-corrected chi connectivity index (χ1v) is 10.6. The molecule has 1 aliphatic carbocycles. The van der Waals surface area contributed by atoms with Crippen LogP contribution in [0.3, 0.4) is 0 Å². The average Bonchev–Trinajstić information content (AvgIpc) is 2.78. The molecule has 1 aliphatic rings. The van der Waals surface area contributed by atoms with E-state index in [0.717, 1.165) is 30.2 Å². The van der Waals surface area contributed by atoms with Gasteiger partial charge in [-0.3, -0.25) is 4.79 Å². The Hall–Kier alpha value is -3.55. The fourth-order valence-corrected chi connectivity index (χ4v) is 3.98. The number of amides is 1. The number of carbonyl (C=O) groups excluding carboxylic acids is 1. The molecule has 1 amide bonds. The maximum absolute atomic E-state index is 13.4. The van der Waals surface area contributed by atoms with Gasteiger partial charge in [-0.2, -0.15) is 13.2 Å². The van der Waals surface area contributed by atoms with Gasteiger partial charge >= 0.3 is 6.18 Å². The van der Waals surface area contributed by atoms with Crippen molar-refractivity contribution in [3.8, 4) is 5.75 Å². The molecule has 0 aliphatic heterocycles. The van der Waals surface area contributed by atoms with E-state index >= 15 is 0 Å². The Kier molecular flexibility index (Phi) is 6.26. The highest BCUT2D eigenvalue weighted by Gasteiger charge is 2.33. The maximum atomic E-state index is 13.4. The van der Waals surface area contributed by atoms with Crippen molar-refractivity contribution >= 4 is 22.5 Å². The minimum Gasteiger partial charge on any atom is -0.496 e. The van der Waals surface area contributed by atoms with Crippen LogP contribution < -0.4 is 15.4 Å². The molecule has 3 aromatic rings. The minimum atomic E-state index is -4.55. The summed E-state index contributed by atoms with van der Waals surface area (Å²) in [4.78, 5) is 16.5. The topological polar surface area (TPSA) is 63.2 Å². The summed E-state index contributed by atoms with van der Waals surface area (Å²) < 4.78 is 45.5. The van der Waals surface area contributed by atoms with Gasteiger partial charge in [0, 0.05) is 22.8 Å². The largest absolute Gasteiger partial charge is 0.496 e. The van der Waals surface area contributed by atoms with Gasteiger partial charge in [-0.25, -0.2) is 4.98 Å². The number of ether oxygens (including phenoxy) is 1. The van der Waals surface area contributed by atoms with Gasteiger partial charge in [-0.05, 0) is 62.6 Å². The van der Waals surface area contributed by atoms with Crippen molar-refractivity contribution in [2.24, 2.45) is 0 Å². The normalized spacial score (nSPS) is 16.3. The number of benzene rings is 2. The van der Waals surface area contributed by atoms with Crippen LogP contribution in [0.25, 0.3) is 10.9 Å². The zero-order valence-corrected chi connectivity index (χ0v) is 18.3. The molecule has 0 saturated carbocycles. The molecule has 8 heteroatoms. The molecule has 172 valence electrons. The summed E-state index contributed by atoms with van der Waals surface area (Å²) in [6.07, 6.45) is -0.508. The predicted octanol–water partition coefficient (Wildman–Crippen LogP) is 5.85. The third kappa shape index (κ3) is 5.10. The number of fused-ring (bicyclic) bond motifs is 1. The van der Waals surface area contributed by atoms with E-state index < -0.39 is 11.9 Å². The summed E-state index contributed by atoms with van der Waals surface area (Å²) in [6.45, 7) is 1.88. The lowest BCUT2D eigenvalue weighted by Gasteiger charge is -2.24. The van der Waals surface area contributed by atoms with Gasteiger partial charge in [0.15, 0.2) is 0 Å². The number of methoxy groups -OCH3 is 1. The lowest BCUT2D eigenvalue weighted by molar-refractivity contribution is -0.140. The monoisotopic (exact) mass is 455 g/mol. The average molecular weight is 455 g/mol. The quantitative estimate of drug-likeness (QED) is 0.507. The summed E-state index contributed by atoms with van der Waals surface area (Å²) in [5, 5.41) is 6.77. The Morgan fingerprint density at radius 1 is 1.15 bits per heavy atom. The molecule has 2 N–H and O–H groups in total. The number of allylic oxidation sites excluding steroid dienone is 1. The highest BCUT2D eigenvalue weighted by atomic mass is 19.4. The SMILES string of the molecule is COc1ccccc1C(=O)N[C@H]1C=C(Nc2cc(C(F)(F)F)nc3ccc(C)cc23)CCC1. The van der Waals surface area contributed by atoms with Crippen molar-refractivity contribution in [2.45, 2.75) is 38.4 Å². The molecule has 1 atom stereocenters. The molecule has 0 fully saturated rings. The number of carbonyl (C=O) groups is 1. The molecule has 5 nitrogen and oxygen atoms in total. The number of alkyl halides is 3. The van der Waals surface area contributed by atoms with Crippen molar-refractivity contribution in [3.63, 3.8) is 0 Å². The van der Waals surface area contributed by atoms with E-state index in [4.69, 9.17) is 4.74 Å². The Balaban J connectivity index is 1.61. The zero-order valence-electron chi connectivity index (χ0n) is 18.3. The third-order valence-electron chi connectivity index (χ3n) is 5.58. The number of rotatable bonds is 5. The number of anilines is 1. The molecule has 1 aromatic heterocycles. The molecule has 0 saturated heterocycles. The molecule has 0 radical (unpaired) electrons. The van der Waals surface area contributed by atoms with Crippen LogP contribution in [-0.2, 0) is 6.18 Å². The van der Waals surface area contributed by atoms with Crippen LogP contribution in [0.1, 0.15) is 40.9 Å². The van der Waals surface area contributed by atoms with Crippen molar-refractivity contribution in [2.75, 3.05) is 12.4 Å². The molecule has 0 bridgehead atoms. The van der Waals surface area contributed by atoms with E-state index in [1.165, 1.54) is 7.11 Å². The maximum Gasteiger partial charge on any atom is 0.433 e. The van der Waals surface area contributed by atoms with Crippen molar-refractivity contribution in [3.05, 3.63) is 77.1 Å². The summed E-state index contributed by atoms with van der Waals surface area (Å²) in [6, 6.07) is 12.9. The first kappa shape index (κ1) is 22.6. The third-order valence-corrected chi connectivity index (χ3v) is 5.58. The second-order valence-electron chi connectivity index (χ2n) is 8.06. The number of halogens is 3. The Bertz CT molecular complexity index is 1220. The van der Waals surface area contributed by atoms with Gasteiger partial charge in [-0.15, -0.1) is 0 Å².